The van der Waals surface area contributed by atoms with E-state index in [-0.39, 0.29) is 12.0 Å². The van der Waals surface area contributed by atoms with Crippen LogP contribution in [0.4, 0.5) is 0 Å². The Bertz CT molecular complexity index is 1620. The number of nitrogens with zero attached hydrogens (tertiary/aromatic N) is 3. The SMILES string of the molecule is Cc1cccc2sc(C3=CCN[C@@H](C)[C@@H]3C(=O)OC(C)(C)CN3CCC(c4nc5c(C)cccc5s4)CC3C)nc12. The van der Waals surface area contributed by atoms with E-state index in [1.165, 1.54) is 15.3 Å². The lowest BCUT2D eigenvalue weighted by atomic mass is 9.88. The highest BCUT2D eigenvalue weighted by molar-refractivity contribution is 7.19. The van der Waals surface area contributed by atoms with Crippen molar-refractivity contribution >= 4 is 54.6 Å². The molecule has 1 saturated heterocycles. The van der Waals surface area contributed by atoms with Gasteiger partial charge in [0.05, 0.1) is 31.4 Å². The number of hydrogen-bond donors (Lipinski definition) is 1. The van der Waals surface area contributed by atoms with Crippen molar-refractivity contribution in [2.45, 2.75) is 78.0 Å². The van der Waals surface area contributed by atoms with E-state index in [1.54, 1.807) is 11.3 Å². The Hall–Kier alpha value is -2.65. The zero-order valence-electron chi connectivity index (χ0n) is 24.9. The second-order valence-corrected chi connectivity index (χ2v) is 14.6. The van der Waals surface area contributed by atoms with Crippen molar-refractivity contribution in [3.05, 3.63) is 63.6 Å². The predicted molar refractivity (Wildman–Crippen MR) is 171 cm³/mol. The molecule has 0 amide bonds. The lowest BCUT2D eigenvalue weighted by molar-refractivity contribution is -0.162. The monoisotopic (exact) mass is 588 g/mol. The van der Waals surface area contributed by atoms with Crippen molar-refractivity contribution in [2.24, 2.45) is 5.92 Å². The van der Waals surface area contributed by atoms with Crippen LogP contribution in [0.25, 0.3) is 26.0 Å². The number of thiazole rings is 2. The minimum atomic E-state index is -0.613. The fourth-order valence-electron chi connectivity index (χ4n) is 6.45. The molecule has 4 heterocycles. The third-order valence-electron chi connectivity index (χ3n) is 8.68. The molecule has 2 aliphatic rings. The molecule has 1 fully saturated rings. The summed E-state index contributed by atoms with van der Waals surface area (Å²) in [4.78, 5) is 26.3. The second kappa shape index (κ2) is 11.2. The van der Waals surface area contributed by atoms with Gasteiger partial charge < -0.3 is 10.1 Å². The molecule has 0 saturated carbocycles. The summed E-state index contributed by atoms with van der Waals surface area (Å²) < 4.78 is 8.75. The molecule has 0 radical (unpaired) electrons. The number of aryl methyl sites for hydroxylation is 2. The van der Waals surface area contributed by atoms with Gasteiger partial charge in [0.1, 0.15) is 10.6 Å². The van der Waals surface area contributed by atoms with E-state index in [9.17, 15) is 4.79 Å². The molecule has 0 spiro atoms. The summed E-state index contributed by atoms with van der Waals surface area (Å²) in [6.07, 6.45) is 4.25. The Morgan fingerprint density at radius 2 is 1.73 bits per heavy atom. The first-order chi connectivity index (χ1) is 19.6. The number of ether oxygens (including phenoxy) is 1. The lowest BCUT2D eigenvalue weighted by Gasteiger charge is -2.41. The number of aromatic nitrogens is 2. The molecule has 4 atom stereocenters. The first kappa shape index (κ1) is 28.5. The molecule has 41 heavy (non-hydrogen) atoms. The maximum absolute atomic E-state index is 13.8. The molecule has 2 aliphatic heterocycles. The minimum Gasteiger partial charge on any atom is -0.458 e. The molecule has 6 nitrogen and oxygen atoms in total. The molecule has 216 valence electrons. The number of nitrogens with one attached hydrogen (secondary N) is 1. The number of likely N-dealkylation sites (tertiary alicyclic amines) is 1. The first-order valence-corrected chi connectivity index (χ1v) is 16.4. The summed E-state index contributed by atoms with van der Waals surface area (Å²) >= 11 is 3.51. The van der Waals surface area contributed by atoms with E-state index < -0.39 is 11.5 Å². The van der Waals surface area contributed by atoms with Crippen molar-refractivity contribution in [3.63, 3.8) is 0 Å². The number of piperidine rings is 1. The number of para-hydroxylation sites is 2. The summed E-state index contributed by atoms with van der Waals surface area (Å²) in [5.74, 6) is -0.0955. The van der Waals surface area contributed by atoms with E-state index >= 15 is 0 Å². The summed E-state index contributed by atoms with van der Waals surface area (Å²) in [6, 6.07) is 13.1. The predicted octanol–water partition coefficient (Wildman–Crippen LogP) is 7.10. The first-order valence-electron chi connectivity index (χ1n) is 14.7. The van der Waals surface area contributed by atoms with Gasteiger partial charge in [-0.05, 0) is 84.2 Å². The summed E-state index contributed by atoms with van der Waals surface area (Å²) in [5.41, 5.74) is 4.94. The van der Waals surface area contributed by atoms with Crippen molar-refractivity contribution in [3.8, 4) is 0 Å². The number of rotatable bonds is 6. The molecule has 2 aromatic heterocycles. The quantitative estimate of drug-likeness (QED) is 0.242. The normalized spacial score (nSPS) is 24.1. The molecule has 2 aromatic carbocycles. The number of esters is 1. The van der Waals surface area contributed by atoms with Crippen LogP contribution in [0.5, 0.6) is 0 Å². The van der Waals surface area contributed by atoms with E-state index in [2.05, 4.69) is 80.4 Å². The van der Waals surface area contributed by atoms with E-state index in [1.807, 2.05) is 25.2 Å². The van der Waals surface area contributed by atoms with Crippen LogP contribution in [0.15, 0.2) is 42.5 Å². The maximum Gasteiger partial charge on any atom is 0.315 e. The number of carbonyl (C=O) groups excluding carboxylic acids is 1. The molecule has 6 rings (SSSR count). The fraction of sp³-hybridized carbons (Fsp3) is 0.485. The van der Waals surface area contributed by atoms with Gasteiger partial charge in [0.25, 0.3) is 0 Å². The minimum absolute atomic E-state index is 0.0291. The average Bonchev–Trinajstić information content (AvgIpc) is 3.56. The van der Waals surface area contributed by atoms with Gasteiger partial charge in [-0.1, -0.05) is 30.3 Å². The van der Waals surface area contributed by atoms with Crippen LogP contribution in [-0.4, -0.2) is 58.2 Å². The van der Waals surface area contributed by atoms with Crippen LogP contribution in [-0.2, 0) is 9.53 Å². The lowest BCUT2D eigenvalue weighted by Crippen LogP contribution is -2.50. The van der Waals surface area contributed by atoms with Crippen LogP contribution >= 0.6 is 22.7 Å². The van der Waals surface area contributed by atoms with Gasteiger partial charge in [-0.3, -0.25) is 9.69 Å². The van der Waals surface area contributed by atoms with Crippen LogP contribution in [0, 0.1) is 19.8 Å². The highest BCUT2D eigenvalue weighted by Crippen LogP contribution is 2.39. The van der Waals surface area contributed by atoms with Gasteiger partial charge in [0, 0.05) is 36.7 Å². The van der Waals surface area contributed by atoms with E-state index in [0.29, 0.717) is 18.5 Å². The third kappa shape index (κ3) is 5.72. The summed E-state index contributed by atoms with van der Waals surface area (Å²) in [6.45, 7) is 15.1. The molecule has 0 bridgehead atoms. The Morgan fingerprint density at radius 1 is 1.05 bits per heavy atom. The van der Waals surface area contributed by atoms with Crippen molar-refractivity contribution in [2.75, 3.05) is 19.6 Å². The Morgan fingerprint density at radius 3 is 2.39 bits per heavy atom. The van der Waals surface area contributed by atoms with Gasteiger partial charge in [-0.15, -0.1) is 22.7 Å². The van der Waals surface area contributed by atoms with Gasteiger partial charge >= 0.3 is 5.97 Å². The van der Waals surface area contributed by atoms with Gasteiger partial charge in [0.15, 0.2) is 0 Å². The molecule has 1 N–H and O–H groups in total. The van der Waals surface area contributed by atoms with E-state index in [4.69, 9.17) is 14.7 Å². The number of fused-ring (bicyclic) bond motifs is 2. The largest absolute Gasteiger partial charge is 0.458 e. The van der Waals surface area contributed by atoms with Crippen LogP contribution in [0.3, 0.4) is 0 Å². The van der Waals surface area contributed by atoms with Crippen molar-refractivity contribution in [1.82, 2.24) is 20.2 Å². The van der Waals surface area contributed by atoms with Crippen LogP contribution in [0.1, 0.15) is 67.6 Å². The van der Waals surface area contributed by atoms with Crippen LogP contribution in [0.2, 0.25) is 0 Å². The van der Waals surface area contributed by atoms with Gasteiger partial charge in [0.2, 0.25) is 0 Å². The fourth-order valence-corrected chi connectivity index (χ4v) is 8.76. The standard InChI is InChI=1S/C33H40N4O2S2/c1-19-9-7-11-25-28(19)35-30(40-25)23-14-16-37(21(3)17-23)18-33(5,6)39-32(38)27-22(4)34-15-13-24(27)31-36-29-20(2)10-8-12-26(29)41-31/h7-13,21-23,27,34H,14-18H2,1-6H3/t21?,22-,23?,27-/m0/s1. The Balaban J connectivity index is 1.13. The molecule has 2 unspecified atom stereocenters. The molecule has 4 aromatic rings. The zero-order chi connectivity index (χ0) is 28.9. The van der Waals surface area contributed by atoms with Crippen LogP contribution < -0.4 is 5.32 Å². The van der Waals surface area contributed by atoms with Gasteiger partial charge in [-0.2, -0.15) is 0 Å². The Labute approximate surface area is 250 Å². The summed E-state index contributed by atoms with van der Waals surface area (Å²) in [7, 11) is 0. The van der Waals surface area contributed by atoms with Crippen molar-refractivity contribution in [1.29, 1.82) is 0 Å². The highest BCUT2D eigenvalue weighted by atomic mass is 32.1. The van der Waals surface area contributed by atoms with Crippen molar-refractivity contribution < 1.29 is 9.53 Å². The maximum atomic E-state index is 13.8. The average molecular weight is 589 g/mol. The number of hydrogen-bond acceptors (Lipinski definition) is 8. The number of carbonyl (C=O) groups is 1. The Kier molecular flexibility index (Phi) is 7.78. The number of benzene rings is 2. The smallest absolute Gasteiger partial charge is 0.315 e. The third-order valence-corrected chi connectivity index (χ3v) is 10.9. The molecule has 8 heteroatoms. The molecular weight excluding hydrogens is 549 g/mol. The summed E-state index contributed by atoms with van der Waals surface area (Å²) in [5, 5.41) is 5.63. The highest BCUT2D eigenvalue weighted by Gasteiger charge is 2.39. The van der Waals surface area contributed by atoms with E-state index in [0.717, 1.165) is 57.8 Å². The molecular formula is C33H40N4O2S2. The zero-order valence-corrected chi connectivity index (χ0v) is 26.5. The second-order valence-electron chi connectivity index (χ2n) is 12.5. The van der Waals surface area contributed by atoms with Gasteiger partial charge in [-0.25, -0.2) is 9.97 Å². The topological polar surface area (TPSA) is 67.3 Å². The molecule has 0 aliphatic carbocycles.